The van der Waals surface area contributed by atoms with Gasteiger partial charge in [-0.15, -0.1) is 0 Å². The Bertz CT molecular complexity index is 1240. The highest BCUT2D eigenvalue weighted by atomic mass is 16.5. The highest BCUT2D eigenvalue weighted by molar-refractivity contribution is 5.91. The third-order valence-electron chi connectivity index (χ3n) is 5.74. The Balaban J connectivity index is 1.89. The summed E-state index contributed by atoms with van der Waals surface area (Å²) in [4.78, 5) is 24.2. The van der Waals surface area contributed by atoms with Crippen molar-refractivity contribution in [2.24, 2.45) is 0 Å². The number of esters is 2. The van der Waals surface area contributed by atoms with E-state index in [1.165, 1.54) is 24.8 Å². The molecule has 0 saturated heterocycles. The zero-order valence-electron chi connectivity index (χ0n) is 20.9. The van der Waals surface area contributed by atoms with Gasteiger partial charge in [-0.3, -0.25) is 0 Å². The van der Waals surface area contributed by atoms with Crippen molar-refractivity contribution in [2.45, 2.75) is 39.5 Å². The SMILES string of the molecule is C=C(C)C(=O)Oc1cc(-c2ccc(CCCCC)cc2)ccc1-c1ccc(OC(=O)C(=C)CO)cc1. The molecule has 0 radical (unpaired) electrons. The Morgan fingerprint density at radius 2 is 1.44 bits per heavy atom. The van der Waals surface area contributed by atoms with Crippen LogP contribution in [0.2, 0.25) is 0 Å². The van der Waals surface area contributed by atoms with Crippen molar-refractivity contribution in [3.05, 3.63) is 96.6 Å². The molecule has 0 fully saturated rings. The van der Waals surface area contributed by atoms with E-state index in [9.17, 15) is 9.59 Å². The molecule has 0 bridgehead atoms. The van der Waals surface area contributed by atoms with Crippen LogP contribution in [0.25, 0.3) is 22.3 Å². The number of hydrogen-bond acceptors (Lipinski definition) is 5. The molecule has 0 saturated carbocycles. The van der Waals surface area contributed by atoms with Crippen LogP contribution in [-0.4, -0.2) is 23.7 Å². The molecule has 0 heterocycles. The smallest absolute Gasteiger partial charge is 0.341 e. The maximum Gasteiger partial charge on any atom is 0.341 e. The summed E-state index contributed by atoms with van der Waals surface area (Å²) >= 11 is 0. The highest BCUT2D eigenvalue weighted by Gasteiger charge is 2.15. The highest BCUT2D eigenvalue weighted by Crippen LogP contribution is 2.35. The van der Waals surface area contributed by atoms with Crippen molar-refractivity contribution in [3.8, 4) is 33.8 Å². The Morgan fingerprint density at radius 1 is 0.806 bits per heavy atom. The minimum Gasteiger partial charge on any atom is -0.423 e. The van der Waals surface area contributed by atoms with Crippen molar-refractivity contribution in [1.29, 1.82) is 0 Å². The van der Waals surface area contributed by atoms with Gasteiger partial charge in [0.05, 0.1) is 12.2 Å². The minimum absolute atomic E-state index is 0.0300. The molecule has 0 amide bonds. The van der Waals surface area contributed by atoms with Gasteiger partial charge in [-0.2, -0.15) is 0 Å². The van der Waals surface area contributed by atoms with Crippen LogP contribution in [0.3, 0.4) is 0 Å². The van der Waals surface area contributed by atoms with E-state index in [2.05, 4.69) is 44.3 Å². The van der Waals surface area contributed by atoms with Crippen molar-refractivity contribution in [3.63, 3.8) is 0 Å². The largest absolute Gasteiger partial charge is 0.423 e. The molecule has 0 aromatic heterocycles. The first-order valence-corrected chi connectivity index (χ1v) is 12.0. The zero-order valence-corrected chi connectivity index (χ0v) is 20.9. The molecule has 186 valence electrons. The maximum absolute atomic E-state index is 12.4. The number of aryl methyl sites for hydroxylation is 1. The molecule has 5 nitrogen and oxygen atoms in total. The number of aliphatic hydroxyl groups excluding tert-OH is 1. The summed E-state index contributed by atoms with van der Waals surface area (Å²) in [6, 6.07) is 21.0. The molecular formula is C31H32O5. The molecule has 36 heavy (non-hydrogen) atoms. The summed E-state index contributed by atoms with van der Waals surface area (Å²) in [6.45, 7) is 10.5. The van der Waals surface area contributed by atoms with Crippen molar-refractivity contribution in [1.82, 2.24) is 0 Å². The summed E-state index contributed by atoms with van der Waals surface area (Å²) < 4.78 is 10.9. The first kappa shape index (κ1) is 26.6. The summed E-state index contributed by atoms with van der Waals surface area (Å²) in [5.74, 6) is -0.477. The van der Waals surface area contributed by atoms with Gasteiger partial charge >= 0.3 is 11.9 Å². The summed E-state index contributed by atoms with van der Waals surface area (Å²) in [5, 5.41) is 9.03. The molecule has 5 heteroatoms. The summed E-state index contributed by atoms with van der Waals surface area (Å²) in [7, 11) is 0. The number of unbranched alkanes of at least 4 members (excludes halogenated alkanes) is 2. The molecule has 0 unspecified atom stereocenters. The maximum atomic E-state index is 12.4. The average Bonchev–Trinajstić information content (AvgIpc) is 2.89. The van der Waals surface area contributed by atoms with E-state index in [0.29, 0.717) is 22.6 Å². The van der Waals surface area contributed by atoms with Crippen LogP contribution in [0.15, 0.2) is 91.0 Å². The minimum atomic E-state index is -0.693. The number of rotatable bonds is 11. The van der Waals surface area contributed by atoms with Crippen LogP contribution in [0, 0.1) is 0 Å². The van der Waals surface area contributed by atoms with E-state index in [4.69, 9.17) is 14.6 Å². The van der Waals surface area contributed by atoms with E-state index in [-0.39, 0.29) is 5.57 Å². The Kier molecular flexibility index (Phi) is 9.37. The van der Waals surface area contributed by atoms with Crippen LogP contribution in [-0.2, 0) is 16.0 Å². The standard InChI is InChI=1S/C31H32O5/c1-5-6-7-8-23-9-11-24(12-10-23)26-15-18-28(29(19-26)36-30(33)21(2)3)25-13-16-27(17-14-25)35-31(34)22(4)20-32/h9-19,32H,2,4-8,20H2,1,3H3. The molecule has 0 aliphatic heterocycles. The van der Waals surface area contributed by atoms with Crippen LogP contribution in [0.4, 0.5) is 0 Å². The normalized spacial score (nSPS) is 10.5. The number of carbonyl (C=O) groups excluding carboxylic acids is 2. The molecule has 3 rings (SSSR count). The molecule has 1 N–H and O–H groups in total. The monoisotopic (exact) mass is 484 g/mol. The van der Waals surface area contributed by atoms with Gasteiger partial charge in [0.15, 0.2) is 0 Å². The second-order valence-corrected chi connectivity index (χ2v) is 8.71. The first-order valence-electron chi connectivity index (χ1n) is 12.0. The van der Waals surface area contributed by atoms with E-state index in [1.54, 1.807) is 31.2 Å². The van der Waals surface area contributed by atoms with Gasteiger partial charge in [0.2, 0.25) is 0 Å². The second-order valence-electron chi connectivity index (χ2n) is 8.71. The van der Waals surface area contributed by atoms with Crippen molar-refractivity contribution < 1.29 is 24.2 Å². The van der Waals surface area contributed by atoms with Crippen LogP contribution in [0.5, 0.6) is 11.5 Å². The lowest BCUT2D eigenvalue weighted by molar-refractivity contribution is -0.131. The van der Waals surface area contributed by atoms with Crippen LogP contribution < -0.4 is 9.47 Å². The number of aliphatic hydroxyl groups is 1. The Morgan fingerprint density at radius 3 is 2.06 bits per heavy atom. The van der Waals surface area contributed by atoms with E-state index in [0.717, 1.165) is 23.1 Å². The third-order valence-corrected chi connectivity index (χ3v) is 5.74. The molecule has 0 aliphatic rings. The predicted molar refractivity (Wildman–Crippen MR) is 143 cm³/mol. The molecule has 3 aromatic carbocycles. The molecule has 0 spiro atoms. The number of hydrogen-bond donors (Lipinski definition) is 1. The lowest BCUT2D eigenvalue weighted by Gasteiger charge is -2.14. The van der Waals surface area contributed by atoms with Crippen molar-refractivity contribution in [2.75, 3.05) is 6.61 Å². The average molecular weight is 485 g/mol. The molecule has 0 aliphatic carbocycles. The van der Waals surface area contributed by atoms with Gasteiger partial charge in [-0.1, -0.05) is 81.5 Å². The van der Waals surface area contributed by atoms with Gasteiger partial charge in [0.1, 0.15) is 11.5 Å². The van der Waals surface area contributed by atoms with Crippen molar-refractivity contribution >= 4 is 11.9 Å². The lowest BCUT2D eigenvalue weighted by Crippen LogP contribution is -2.12. The molecular weight excluding hydrogens is 452 g/mol. The fourth-order valence-electron chi connectivity index (χ4n) is 3.60. The fraction of sp³-hybridized carbons (Fsp3) is 0.226. The predicted octanol–water partition coefficient (Wildman–Crippen LogP) is 6.69. The van der Waals surface area contributed by atoms with Gasteiger partial charge in [-0.25, -0.2) is 9.59 Å². The molecule has 3 aromatic rings. The summed E-state index contributed by atoms with van der Waals surface area (Å²) in [6.07, 6.45) is 4.67. The number of carbonyl (C=O) groups is 2. The number of benzene rings is 3. The first-order chi connectivity index (χ1) is 17.3. The summed E-state index contributed by atoms with van der Waals surface area (Å²) in [5.41, 5.74) is 5.02. The van der Waals surface area contributed by atoms with Gasteiger partial charge in [-0.05, 0) is 60.2 Å². The lowest BCUT2D eigenvalue weighted by atomic mass is 9.97. The third kappa shape index (κ3) is 7.03. The Hall–Kier alpha value is -3.96. The van der Waals surface area contributed by atoms with Crippen LogP contribution in [0.1, 0.15) is 38.7 Å². The topological polar surface area (TPSA) is 72.8 Å². The van der Waals surface area contributed by atoms with Gasteiger partial charge in [0.25, 0.3) is 0 Å². The van der Waals surface area contributed by atoms with Crippen LogP contribution >= 0.6 is 0 Å². The molecule has 0 atom stereocenters. The second kappa shape index (κ2) is 12.7. The number of ether oxygens (including phenoxy) is 2. The van der Waals surface area contributed by atoms with Gasteiger partial charge < -0.3 is 14.6 Å². The zero-order chi connectivity index (χ0) is 26.1. The van der Waals surface area contributed by atoms with E-state index >= 15 is 0 Å². The van der Waals surface area contributed by atoms with E-state index in [1.807, 2.05) is 18.2 Å². The van der Waals surface area contributed by atoms with E-state index < -0.39 is 18.5 Å². The quantitative estimate of drug-likeness (QED) is 0.142. The Labute approximate surface area is 212 Å². The fourth-order valence-corrected chi connectivity index (χ4v) is 3.60. The van der Waals surface area contributed by atoms with Gasteiger partial charge in [0, 0.05) is 11.1 Å².